The minimum Gasteiger partial charge on any atom is -0.478 e. The van der Waals surface area contributed by atoms with Crippen molar-refractivity contribution in [3.05, 3.63) is 90.6 Å². The van der Waals surface area contributed by atoms with Crippen LogP contribution in [-0.4, -0.2) is 26.6 Å². The van der Waals surface area contributed by atoms with Crippen LogP contribution in [0.1, 0.15) is 34.6 Å². The van der Waals surface area contributed by atoms with Crippen LogP contribution in [0.4, 0.5) is 0 Å². The third kappa shape index (κ3) is 4.87. The van der Waals surface area contributed by atoms with Gasteiger partial charge in [-0.2, -0.15) is 0 Å². The second kappa shape index (κ2) is 10.9. The molecule has 1 fully saturated rings. The first-order valence-electron chi connectivity index (χ1n) is 12.5. The summed E-state index contributed by atoms with van der Waals surface area (Å²) in [5.74, 6) is 2.71. The Hall–Kier alpha value is -1.44. The Labute approximate surface area is 204 Å². The van der Waals surface area contributed by atoms with Crippen LogP contribution in [0.2, 0.25) is 18.1 Å². The second-order valence-electron chi connectivity index (χ2n) is 9.41. The molecular weight excluding hydrogens is 437 g/mol. The monoisotopic (exact) mass is 474 g/mol. The van der Waals surface area contributed by atoms with Crippen molar-refractivity contribution < 1.29 is 4.74 Å². The quantitative estimate of drug-likeness (QED) is 0.292. The number of nitrogens with zero attached hydrogens (tertiary/aromatic N) is 1. The van der Waals surface area contributed by atoms with Crippen molar-refractivity contribution >= 4 is 32.5 Å². The molecule has 33 heavy (non-hydrogen) atoms. The van der Waals surface area contributed by atoms with Gasteiger partial charge in [-0.1, -0.05) is 113 Å². The van der Waals surface area contributed by atoms with Crippen LogP contribution in [0.3, 0.4) is 0 Å². The van der Waals surface area contributed by atoms with E-state index < -0.39 is 16.0 Å². The predicted molar refractivity (Wildman–Crippen MR) is 147 cm³/mol. The van der Waals surface area contributed by atoms with Crippen molar-refractivity contribution in [2.45, 2.75) is 58.8 Å². The van der Waals surface area contributed by atoms with Crippen LogP contribution in [0, 0.1) is 35.9 Å². The largest absolute Gasteiger partial charge is 0.478 e. The Morgan fingerprint density at radius 3 is 1.88 bits per heavy atom. The van der Waals surface area contributed by atoms with E-state index in [1.165, 1.54) is 40.3 Å². The molecule has 1 aliphatic carbocycles. The van der Waals surface area contributed by atoms with E-state index in [0.717, 1.165) is 5.90 Å². The average molecular weight is 475 g/mol. The Morgan fingerprint density at radius 1 is 0.879 bits per heavy atom. The van der Waals surface area contributed by atoms with Crippen molar-refractivity contribution in [2.75, 3.05) is 6.61 Å². The molecule has 4 heteroatoms. The highest BCUT2D eigenvalue weighted by Gasteiger charge is 2.54. The van der Waals surface area contributed by atoms with Crippen LogP contribution in [0.5, 0.6) is 0 Å². The molecule has 1 saturated carbocycles. The highest BCUT2D eigenvalue weighted by Crippen LogP contribution is 2.62. The van der Waals surface area contributed by atoms with E-state index in [1.807, 2.05) is 0 Å². The molecule has 4 rings (SSSR count). The van der Waals surface area contributed by atoms with Gasteiger partial charge in [-0.25, -0.2) is 4.99 Å². The highest BCUT2D eigenvalue weighted by molar-refractivity contribution is 7.76. The van der Waals surface area contributed by atoms with Crippen molar-refractivity contribution in [3.63, 3.8) is 0 Å². The van der Waals surface area contributed by atoms with E-state index in [4.69, 9.17) is 9.73 Å². The molecule has 5 radical (unpaired) electrons. The molecule has 0 aromatic heterocycles. The van der Waals surface area contributed by atoms with E-state index in [2.05, 4.69) is 108 Å². The summed E-state index contributed by atoms with van der Waals surface area (Å²) in [5, 5.41) is 2.76. The van der Waals surface area contributed by atoms with Crippen LogP contribution in [-0.2, 0) is 4.74 Å². The molecule has 0 saturated heterocycles. The number of hydrogen-bond acceptors (Lipinski definition) is 2. The summed E-state index contributed by atoms with van der Waals surface area (Å²) in [6.45, 7) is 12.4. The van der Waals surface area contributed by atoms with Gasteiger partial charge in [0.05, 0.1) is 20.0 Å². The van der Waals surface area contributed by atoms with Gasteiger partial charge in [-0.3, -0.25) is 0 Å². The fraction of sp³-hybridized carbons (Fsp3) is 0.379. The van der Waals surface area contributed by atoms with Crippen LogP contribution >= 0.6 is 7.92 Å². The fourth-order valence-electron chi connectivity index (χ4n) is 5.09. The first kappa shape index (κ1) is 24.7. The molecule has 0 bridgehead atoms. The van der Waals surface area contributed by atoms with Gasteiger partial charge in [0.15, 0.2) is 5.90 Å². The predicted octanol–water partition coefficient (Wildman–Crippen LogP) is 6.72. The second-order valence-corrected chi connectivity index (χ2v) is 16.8. The molecule has 1 aliphatic heterocycles. The van der Waals surface area contributed by atoms with Crippen molar-refractivity contribution in [1.29, 1.82) is 0 Å². The summed E-state index contributed by atoms with van der Waals surface area (Å²) in [7, 11) is -2.32. The maximum absolute atomic E-state index is 6.39. The topological polar surface area (TPSA) is 21.6 Å². The number of hydrogen-bond donors (Lipinski definition) is 0. The zero-order chi connectivity index (χ0) is 23.4. The minimum atomic E-state index is -1.63. The van der Waals surface area contributed by atoms with E-state index in [0.29, 0.717) is 12.5 Å². The summed E-state index contributed by atoms with van der Waals surface area (Å²) in [5.41, 5.74) is 2.97. The Morgan fingerprint density at radius 2 is 1.42 bits per heavy atom. The summed E-state index contributed by atoms with van der Waals surface area (Å²) >= 11 is 0. The molecule has 0 unspecified atom stereocenters. The van der Waals surface area contributed by atoms with Crippen LogP contribution in [0.15, 0.2) is 65.7 Å². The lowest BCUT2D eigenvalue weighted by atomic mass is 10.1. The summed E-state index contributed by atoms with van der Waals surface area (Å²) in [4.78, 5) is 5.16. The SMILES string of the molecule is CC[Si](CC)(CC)[C]1[CH][CH][C](P(c2ccccc2)c2ccccc2)[C]1C1=N[C@@H](C(C)C)CO1. The van der Waals surface area contributed by atoms with Gasteiger partial charge in [0.1, 0.15) is 6.61 Å². The standard InChI is InChI=1S/C29H37NOPSi/c1-6-33(7-2,8-3)27-20-19-26(28(27)29-30-25(21-31-29)22(4)5)32(23-15-11-9-12-16-23)24-17-13-10-14-18-24/h9-20,22,25H,6-8,21H2,1-5H3/t25-/m1/s1. The van der Waals surface area contributed by atoms with Gasteiger partial charge in [0, 0.05) is 5.66 Å². The van der Waals surface area contributed by atoms with E-state index in [1.54, 1.807) is 5.54 Å². The third-order valence-electron chi connectivity index (χ3n) is 7.46. The van der Waals surface area contributed by atoms with Crippen LogP contribution < -0.4 is 10.6 Å². The van der Waals surface area contributed by atoms with Gasteiger partial charge in [0.25, 0.3) is 0 Å². The molecule has 2 aromatic rings. The summed E-state index contributed by atoms with van der Waals surface area (Å²) < 4.78 is 6.39. The maximum atomic E-state index is 6.39. The lowest BCUT2D eigenvalue weighted by molar-refractivity contribution is 0.289. The number of rotatable bonds is 9. The molecular formula is C29H37NOPSi. The molecule has 0 amide bonds. The molecule has 2 nitrogen and oxygen atoms in total. The van der Waals surface area contributed by atoms with Crippen molar-refractivity contribution in [3.8, 4) is 0 Å². The Bertz CT molecular complexity index is 864. The highest BCUT2D eigenvalue weighted by atomic mass is 31.1. The molecule has 0 N–H and O–H groups in total. The van der Waals surface area contributed by atoms with Gasteiger partial charge < -0.3 is 4.74 Å². The normalized spacial score (nSPS) is 20.6. The summed E-state index contributed by atoms with van der Waals surface area (Å²) in [6, 6.07) is 26.0. The van der Waals surface area contributed by atoms with E-state index in [-0.39, 0.29) is 6.04 Å². The third-order valence-corrected chi connectivity index (χ3v) is 15.6. The molecule has 173 valence electrons. The van der Waals surface area contributed by atoms with Gasteiger partial charge in [-0.15, -0.1) is 0 Å². The number of ether oxygens (including phenoxy) is 1. The van der Waals surface area contributed by atoms with Gasteiger partial charge in [-0.05, 0) is 42.8 Å². The molecule has 0 spiro atoms. The summed E-state index contributed by atoms with van der Waals surface area (Å²) in [6.07, 6.45) is 4.86. The average Bonchev–Trinajstić information content (AvgIpc) is 3.51. The van der Waals surface area contributed by atoms with E-state index in [9.17, 15) is 0 Å². The smallest absolute Gasteiger partial charge is 0.192 e. The van der Waals surface area contributed by atoms with Crippen molar-refractivity contribution in [1.82, 2.24) is 0 Å². The molecule has 1 atom stereocenters. The molecule has 2 aliphatic rings. The Kier molecular flexibility index (Phi) is 8.13. The van der Waals surface area contributed by atoms with Crippen LogP contribution in [0.25, 0.3) is 0 Å². The lowest BCUT2D eigenvalue weighted by Gasteiger charge is -2.39. The Balaban J connectivity index is 1.82. The minimum absolute atomic E-state index is 0.247. The fourth-order valence-corrected chi connectivity index (χ4v) is 11.5. The first-order chi connectivity index (χ1) is 16.0. The molecule has 2 aromatic carbocycles. The zero-order valence-electron chi connectivity index (χ0n) is 20.7. The first-order valence-corrected chi connectivity index (χ1v) is 16.4. The molecule has 1 heterocycles. The maximum Gasteiger partial charge on any atom is 0.192 e. The number of benzene rings is 2. The number of aliphatic imine (C=N–C) groups is 1. The van der Waals surface area contributed by atoms with Gasteiger partial charge in [0.2, 0.25) is 0 Å². The van der Waals surface area contributed by atoms with E-state index >= 15 is 0 Å². The lowest BCUT2D eigenvalue weighted by Crippen LogP contribution is -2.44. The van der Waals surface area contributed by atoms with Gasteiger partial charge >= 0.3 is 0 Å². The van der Waals surface area contributed by atoms with Crippen molar-refractivity contribution in [2.24, 2.45) is 10.9 Å². The zero-order valence-corrected chi connectivity index (χ0v) is 22.6.